The van der Waals surface area contributed by atoms with Gasteiger partial charge in [-0.2, -0.15) is 0 Å². The minimum atomic E-state index is 0.0876. The summed E-state index contributed by atoms with van der Waals surface area (Å²) >= 11 is 12.3. The van der Waals surface area contributed by atoms with Gasteiger partial charge in [0.15, 0.2) is 0 Å². The van der Waals surface area contributed by atoms with E-state index in [0.29, 0.717) is 16.0 Å². The second kappa shape index (κ2) is 5.41. The van der Waals surface area contributed by atoms with Crippen LogP contribution in [0.5, 0.6) is 0 Å². The summed E-state index contributed by atoms with van der Waals surface area (Å²) in [4.78, 5) is 0. The summed E-state index contributed by atoms with van der Waals surface area (Å²) in [6.07, 6.45) is 3.26. The highest BCUT2D eigenvalue weighted by Crippen LogP contribution is 2.48. The Balaban J connectivity index is 1.65. The average Bonchev–Trinajstić information content (AvgIpc) is 3.18. The number of hydrogen-bond donors (Lipinski definition) is 1. The van der Waals surface area contributed by atoms with Crippen molar-refractivity contribution < 1.29 is 4.74 Å². The number of fused-ring (bicyclic) bond motifs is 2. The lowest BCUT2D eigenvalue weighted by Gasteiger charge is -2.36. The van der Waals surface area contributed by atoms with E-state index in [-0.39, 0.29) is 12.3 Å². The summed E-state index contributed by atoms with van der Waals surface area (Å²) in [6.45, 7) is 0.789. The predicted molar refractivity (Wildman–Crippen MR) is 97.9 cm³/mol. The number of rotatable bonds is 2. The molecule has 0 radical (unpaired) electrons. The zero-order valence-corrected chi connectivity index (χ0v) is 14.4. The maximum Gasteiger partial charge on any atom is 0.139 e. The van der Waals surface area contributed by atoms with E-state index in [1.807, 2.05) is 12.1 Å². The Morgan fingerprint density at radius 1 is 1.08 bits per heavy atom. The van der Waals surface area contributed by atoms with Crippen LogP contribution in [0.2, 0.25) is 10.0 Å². The van der Waals surface area contributed by atoms with Gasteiger partial charge in [0.05, 0.1) is 11.6 Å². The summed E-state index contributed by atoms with van der Waals surface area (Å²) < 4.78 is 8.33. The molecule has 2 aliphatic heterocycles. The largest absolute Gasteiger partial charge is 0.378 e. The van der Waals surface area contributed by atoms with Crippen LogP contribution < -0.4 is 5.32 Å². The van der Waals surface area contributed by atoms with Gasteiger partial charge in [0, 0.05) is 39.8 Å². The van der Waals surface area contributed by atoms with E-state index < -0.39 is 0 Å². The number of halogens is 2. The third-order valence-electron chi connectivity index (χ3n) is 5.10. The number of hydrogen-bond acceptors (Lipinski definition) is 2. The molecule has 2 aliphatic rings. The fraction of sp³-hybridized carbons (Fsp3) is 0.263. The van der Waals surface area contributed by atoms with Crippen molar-refractivity contribution in [3.8, 4) is 0 Å². The van der Waals surface area contributed by atoms with Crippen LogP contribution in [0.3, 0.4) is 0 Å². The maximum atomic E-state index is 6.17. The molecule has 3 unspecified atom stereocenters. The minimum absolute atomic E-state index is 0.0876. The van der Waals surface area contributed by atoms with Gasteiger partial charge in [-0.05, 0) is 36.2 Å². The van der Waals surface area contributed by atoms with Gasteiger partial charge >= 0.3 is 0 Å². The van der Waals surface area contributed by atoms with Crippen molar-refractivity contribution in [2.24, 2.45) is 5.92 Å². The molecule has 3 aromatic rings. The van der Waals surface area contributed by atoms with Crippen LogP contribution in [0.25, 0.3) is 10.9 Å². The van der Waals surface area contributed by atoms with Crippen molar-refractivity contribution in [3.63, 3.8) is 0 Å². The van der Waals surface area contributed by atoms with Crippen LogP contribution >= 0.6 is 23.2 Å². The SMILES string of the molecule is Clc1cc(Cl)cc(NC2c3cccc4ccn(c34)C3OCCC23)c1. The molecule has 0 amide bonds. The molecule has 1 aromatic heterocycles. The maximum absolute atomic E-state index is 6.17. The highest BCUT2D eigenvalue weighted by Gasteiger charge is 2.41. The van der Waals surface area contributed by atoms with Gasteiger partial charge in [0.1, 0.15) is 6.23 Å². The zero-order valence-electron chi connectivity index (χ0n) is 12.9. The molecule has 1 N–H and O–H groups in total. The predicted octanol–water partition coefficient (Wildman–Crippen LogP) is 5.65. The van der Waals surface area contributed by atoms with Crippen molar-refractivity contribution in [1.29, 1.82) is 0 Å². The van der Waals surface area contributed by atoms with Gasteiger partial charge in [0.2, 0.25) is 0 Å². The fourth-order valence-electron chi connectivity index (χ4n) is 4.15. The van der Waals surface area contributed by atoms with Gasteiger partial charge in [-0.3, -0.25) is 0 Å². The molecular formula is C19H16Cl2N2O. The number of nitrogens with zero attached hydrogens (tertiary/aromatic N) is 1. The second-order valence-corrected chi connectivity index (χ2v) is 7.37. The Morgan fingerprint density at radius 2 is 1.92 bits per heavy atom. The Labute approximate surface area is 150 Å². The number of aromatic nitrogens is 1. The molecule has 1 saturated heterocycles. The lowest BCUT2D eigenvalue weighted by Crippen LogP contribution is -2.30. The molecule has 1 fully saturated rings. The Kier molecular flexibility index (Phi) is 3.30. The molecule has 122 valence electrons. The van der Waals surface area contributed by atoms with Crippen molar-refractivity contribution >= 4 is 39.8 Å². The molecule has 0 saturated carbocycles. The van der Waals surface area contributed by atoms with Gasteiger partial charge in [0.25, 0.3) is 0 Å². The van der Waals surface area contributed by atoms with Crippen molar-refractivity contribution in [1.82, 2.24) is 4.57 Å². The molecule has 0 spiro atoms. The summed E-state index contributed by atoms with van der Waals surface area (Å²) in [7, 11) is 0. The van der Waals surface area contributed by atoms with Gasteiger partial charge < -0.3 is 14.6 Å². The first-order valence-electron chi connectivity index (χ1n) is 8.14. The van der Waals surface area contributed by atoms with E-state index in [1.165, 1.54) is 16.5 Å². The quantitative estimate of drug-likeness (QED) is 0.640. The van der Waals surface area contributed by atoms with Crippen LogP contribution in [-0.2, 0) is 4.74 Å². The summed E-state index contributed by atoms with van der Waals surface area (Å²) in [6, 6.07) is 14.4. The first kappa shape index (κ1) is 14.6. The normalized spacial score (nSPS) is 25.0. The van der Waals surface area contributed by atoms with Crippen LogP contribution in [0, 0.1) is 5.92 Å². The van der Waals surface area contributed by atoms with Crippen molar-refractivity contribution in [2.75, 3.05) is 11.9 Å². The molecule has 3 heterocycles. The van der Waals surface area contributed by atoms with E-state index >= 15 is 0 Å². The first-order valence-corrected chi connectivity index (χ1v) is 8.90. The number of anilines is 1. The standard InChI is InChI=1S/C19H16Cl2N2O/c20-12-8-13(21)10-14(9-12)22-17-15-3-1-2-11-4-6-23(18(11)15)19-16(17)5-7-24-19/h1-4,6,8-10,16-17,19,22H,5,7H2. The number of nitrogens with one attached hydrogen (secondary N) is 1. The summed E-state index contributed by atoms with van der Waals surface area (Å²) in [5, 5.41) is 6.19. The molecule has 24 heavy (non-hydrogen) atoms. The van der Waals surface area contributed by atoms with Crippen LogP contribution in [0.1, 0.15) is 24.3 Å². The monoisotopic (exact) mass is 358 g/mol. The molecule has 5 heteroatoms. The van der Waals surface area contributed by atoms with E-state index in [9.17, 15) is 0 Å². The molecule has 5 rings (SSSR count). The number of ether oxygens (including phenoxy) is 1. The average molecular weight is 359 g/mol. The van der Waals surface area contributed by atoms with E-state index in [0.717, 1.165) is 18.7 Å². The van der Waals surface area contributed by atoms with Crippen LogP contribution in [-0.4, -0.2) is 11.2 Å². The van der Waals surface area contributed by atoms with Crippen LogP contribution in [0.15, 0.2) is 48.7 Å². The van der Waals surface area contributed by atoms with Gasteiger partial charge in [-0.1, -0.05) is 41.4 Å². The number of para-hydroxylation sites is 1. The Morgan fingerprint density at radius 3 is 2.75 bits per heavy atom. The van der Waals surface area contributed by atoms with E-state index in [2.05, 4.69) is 40.3 Å². The third kappa shape index (κ3) is 2.16. The zero-order chi connectivity index (χ0) is 16.3. The van der Waals surface area contributed by atoms with Crippen LogP contribution in [0.4, 0.5) is 5.69 Å². The molecule has 3 nitrogen and oxygen atoms in total. The highest BCUT2D eigenvalue weighted by atomic mass is 35.5. The molecule has 3 atom stereocenters. The van der Waals surface area contributed by atoms with E-state index in [1.54, 1.807) is 6.07 Å². The minimum Gasteiger partial charge on any atom is -0.378 e. The summed E-state index contributed by atoms with van der Waals surface area (Å²) in [5.41, 5.74) is 3.51. The lowest BCUT2D eigenvalue weighted by molar-refractivity contribution is 0.0277. The third-order valence-corrected chi connectivity index (χ3v) is 5.54. The van der Waals surface area contributed by atoms with Crippen molar-refractivity contribution in [2.45, 2.75) is 18.7 Å². The van der Waals surface area contributed by atoms with Gasteiger partial charge in [-0.25, -0.2) is 0 Å². The van der Waals surface area contributed by atoms with Crippen molar-refractivity contribution in [3.05, 3.63) is 64.3 Å². The lowest BCUT2D eigenvalue weighted by atomic mass is 9.86. The molecule has 0 aliphatic carbocycles. The highest BCUT2D eigenvalue weighted by molar-refractivity contribution is 6.35. The molecule has 2 aromatic carbocycles. The molecule has 0 bridgehead atoms. The topological polar surface area (TPSA) is 26.2 Å². The Hall–Kier alpha value is -1.68. The van der Waals surface area contributed by atoms with Gasteiger partial charge in [-0.15, -0.1) is 0 Å². The Bertz CT molecular complexity index is 916. The smallest absolute Gasteiger partial charge is 0.139 e. The van der Waals surface area contributed by atoms with E-state index in [4.69, 9.17) is 27.9 Å². The molecular weight excluding hydrogens is 343 g/mol. The second-order valence-electron chi connectivity index (χ2n) is 6.50. The first-order chi connectivity index (χ1) is 11.7. The number of benzene rings is 2. The summed E-state index contributed by atoms with van der Waals surface area (Å²) in [5.74, 6) is 0.383. The fourth-order valence-corrected chi connectivity index (χ4v) is 4.68.